The van der Waals surface area contributed by atoms with Crippen LogP contribution in [-0.2, 0) is 4.79 Å². The average Bonchev–Trinajstić information content (AvgIpc) is 3.70. The van der Waals surface area contributed by atoms with Gasteiger partial charge in [-0.25, -0.2) is 20.9 Å². The molecule has 2 N–H and O–H groups in total. The van der Waals surface area contributed by atoms with Gasteiger partial charge in [0.1, 0.15) is 11.9 Å². The van der Waals surface area contributed by atoms with E-state index in [-0.39, 0.29) is 23.7 Å². The fourth-order valence-corrected chi connectivity index (χ4v) is 4.75. The Balaban J connectivity index is 1.16. The lowest BCUT2D eigenvalue weighted by molar-refractivity contribution is -0.137. The Morgan fingerprint density at radius 1 is 1.08 bits per heavy atom. The largest absolute Gasteiger partial charge is 0.340 e. The van der Waals surface area contributed by atoms with Crippen molar-refractivity contribution in [1.82, 2.24) is 25.5 Å². The van der Waals surface area contributed by atoms with E-state index in [0.29, 0.717) is 55.8 Å². The lowest BCUT2D eigenvalue weighted by Crippen LogP contribution is -2.58. The third-order valence-corrected chi connectivity index (χ3v) is 7.10. The molecule has 0 unspecified atom stereocenters. The second-order valence-corrected chi connectivity index (χ2v) is 9.80. The highest BCUT2D eigenvalue weighted by molar-refractivity contribution is 5.98. The van der Waals surface area contributed by atoms with Gasteiger partial charge in [-0.3, -0.25) is 9.59 Å². The van der Waals surface area contributed by atoms with E-state index in [2.05, 4.69) is 25.4 Å². The average molecular weight is 513 g/mol. The molecule has 9 heteroatoms. The van der Waals surface area contributed by atoms with Crippen molar-refractivity contribution < 1.29 is 14.0 Å². The quantitative estimate of drug-likeness (QED) is 0.321. The van der Waals surface area contributed by atoms with Gasteiger partial charge >= 0.3 is 0 Å². The molecular formula is C29H29FN6O2. The number of carbonyl (C=O) groups is 2. The first kappa shape index (κ1) is 25.5. The van der Waals surface area contributed by atoms with Gasteiger partial charge in [-0.1, -0.05) is 24.3 Å². The fraction of sp³-hybridized carbons (Fsp3) is 0.345. The predicted octanol–water partition coefficient (Wildman–Crippen LogP) is 3.44. The van der Waals surface area contributed by atoms with Crippen molar-refractivity contribution >= 4 is 11.8 Å². The van der Waals surface area contributed by atoms with Crippen molar-refractivity contribution in [2.75, 3.05) is 19.6 Å². The minimum Gasteiger partial charge on any atom is -0.340 e. The van der Waals surface area contributed by atoms with Gasteiger partial charge < -0.3 is 20.4 Å². The predicted molar refractivity (Wildman–Crippen MR) is 140 cm³/mol. The lowest BCUT2D eigenvalue weighted by Gasteiger charge is -2.34. The first-order valence-corrected chi connectivity index (χ1v) is 12.8. The molecule has 0 spiro atoms. The summed E-state index contributed by atoms with van der Waals surface area (Å²) < 4.78 is 13.2. The van der Waals surface area contributed by atoms with Gasteiger partial charge in [-0.15, -0.1) is 0 Å². The maximum atomic E-state index is 13.2. The van der Waals surface area contributed by atoms with Crippen molar-refractivity contribution in [3.05, 3.63) is 95.4 Å². The van der Waals surface area contributed by atoms with Crippen LogP contribution in [0.15, 0.2) is 67.0 Å². The Morgan fingerprint density at radius 3 is 2.47 bits per heavy atom. The third kappa shape index (κ3) is 6.03. The van der Waals surface area contributed by atoms with Crippen molar-refractivity contribution in [3.8, 4) is 11.4 Å². The summed E-state index contributed by atoms with van der Waals surface area (Å²) in [6.07, 6.45) is 5.51. The number of likely N-dealkylation sites (tertiary alicyclic amines) is 1. The number of hydrogen-bond acceptors (Lipinski definition) is 5. The molecule has 38 heavy (non-hydrogen) atoms. The molecule has 0 bridgehead atoms. The highest BCUT2D eigenvalue weighted by Crippen LogP contribution is 2.40. The summed E-state index contributed by atoms with van der Waals surface area (Å²) in [5.74, 6) is 0.247. The molecule has 194 valence electrons. The first-order valence-electron chi connectivity index (χ1n) is 12.8. The molecule has 1 aliphatic heterocycles. The van der Waals surface area contributed by atoms with Gasteiger partial charge in [0, 0.05) is 35.5 Å². The highest BCUT2D eigenvalue weighted by Gasteiger charge is 2.39. The fourth-order valence-electron chi connectivity index (χ4n) is 4.75. The number of rotatable bonds is 10. The van der Waals surface area contributed by atoms with E-state index in [4.69, 9.17) is 6.57 Å². The van der Waals surface area contributed by atoms with Gasteiger partial charge in [0.25, 0.3) is 11.9 Å². The summed E-state index contributed by atoms with van der Waals surface area (Å²) in [7, 11) is 0. The highest BCUT2D eigenvalue weighted by atomic mass is 19.1. The van der Waals surface area contributed by atoms with Crippen LogP contribution >= 0.6 is 0 Å². The minimum atomic E-state index is -0.666. The monoisotopic (exact) mass is 512 g/mol. The molecule has 2 amide bonds. The SMILES string of the molecule is [C-]#[N+]C1CN(C(=O)[C@H](CCCN[C@@H]2C[C@H]2c2ccc(F)cc2)NC(=O)c2ccc(-c3ncccn3)cc2)C1. The molecule has 2 heterocycles. The van der Waals surface area contributed by atoms with Crippen LogP contribution in [0.3, 0.4) is 0 Å². The van der Waals surface area contributed by atoms with Crippen LogP contribution in [0.2, 0.25) is 0 Å². The van der Waals surface area contributed by atoms with Gasteiger partial charge in [-0.05, 0) is 61.7 Å². The zero-order valence-electron chi connectivity index (χ0n) is 20.9. The molecule has 5 rings (SSSR count). The van der Waals surface area contributed by atoms with E-state index in [9.17, 15) is 14.0 Å². The van der Waals surface area contributed by atoms with E-state index in [1.807, 2.05) is 12.1 Å². The number of nitrogens with one attached hydrogen (secondary N) is 2. The molecule has 3 atom stereocenters. The number of halogens is 1. The Kier molecular flexibility index (Phi) is 7.70. The van der Waals surface area contributed by atoms with Crippen molar-refractivity contribution in [1.29, 1.82) is 0 Å². The second kappa shape index (κ2) is 11.5. The molecule has 2 aliphatic rings. The molecule has 1 saturated carbocycles. The lowest BCUT2D eigenvalue weighted by atomic mass is 10.0. The number of nitrogens with zero attached hydrogens (tertiary/aromatic N) is 4. The molecule has 3 aromatic rings. The second-order valence-electron chi connectivity index (χ2n) is 9.80. The molecule has 1 saturated heterocycles. The maximum Gasteiger partial charge on any atom is 0.258 e. The molecule has 2 fully saturated rings. The van der Waals surface area contributed by atoms with Crippen molar-refractivity contribution in [3.63, 3.8) is 0 Å². The normalized spacial score (nSPS) is 19.2. The standard InChI is InChI=1S/C29H29FN6O2/c1-31-23-17-36(18-23)29(38)25(4-2-13-32-26-16-24(26)19-9-11-22(30)12-10-19)35-28(37)21-7-5-20(6-8-21)27-33-14-3-15-34-27/h3,5-12,14-15,23-26,32H,2,4,13,16-18H2,(H,35,37)/t24-,25-,26+/m0/s1. The Labute approximate surface area is 221 Å². The van der Waals surface area contributed by atoms with E-state index in [0.717, 1.165) is 17.5 Å². The van der Waals surface area contributed by atoms with Crippen molar-refractivity contribution in [2.24, 2.45) is 0 Å². The Morgan fingerprint density at radius 2 is 1.79 bits per heavy atom. The number of hydrogen-bond donors (Lipinski definition) is 2. The summed E-state index contributed by atoms with van der Waals surface area (Å²) in [6, 6.07) is 14.9. The van der Waals surface area contributed by atoms with Crippen LogP contribution in [-0.4, -0.2) is 64.4 Å². The summed E-state index contributed by atoms with van der Waals surface area (Å²) in [5, 5.41) is 6.43. The summed E-state index contributed by atoms with van der Waals surface area (Å²) in [6.45, 7) is 8.67. The number of carbonyl (C=O) groups excluding carboxylic acids is 2. The van der Waals surface area contributed by atoms with E-state index >= 15 is 0 Å². The molecule has 2 aromatic carbocycles. The van der Waals surface area contributed by atoms with E-state index < -0.39 is 6.04 Å². The summed E-state index contributed by atoms with van der Waals surface area (Å²) in [5.41, 5.74) is 2.37. The third-order valence-electron chi connectivity index (χ3n) is 7.10. The number of amides is 2. The smallest absolute Gasteiger partial charge is 0.258 e. The van der Waals surface area contributed by atoms with Crippen LogP contribution in [0.1, 0.15) is 41.1 Å². The van der Waals surface area contributed by atoms with E-state index in [1.165, 1.54) is 12.1 Å². The van der Waals surface area contributed by atoms with Crippen LogP contribution in [0.5, 0.6) is 0 Å². The molecular weight excluding hydrogens is 483 g/mol. The van der Waals surface area contributed by atoms with Gasteiger partial charge in [0.2, 0.25) is 5.91 Å². The Hall–Kier alpha value is -4.16. The van der Waals surface area contributed by atoms with Crippen LogP contribution in [0, 0.1) is 12.4 Å². The van der Waals surface area contributed by atoms with E-state index in [1.54, 1.807) is 47.6 Å². The zero-order valence-corrected chi connectivity index (χ0v) is 20.9. The van der Waals surface area contributed by atoms with Crippen LogP contribution in [0.4, 0.5) is 4.39 Å². The van der Waals surface area contributed by atoms with Crippen LogP contribution in [0.25, 0.3) is 16.2 Å². The molecule has 1 aromatic heterocycles. The maximum absolute atomic E-state index is 13.2. The van der Waals surface area contributed by atoms with Crippen molar-refractivity contribution in [2.45, 2.75) is 43.3 Å². The topological polar surface area (TPSA) is 91.6 Å². The first-order chi connectivity index (χ1) is 18.5. The van der Waals surface area contributed by atoms with Gasteiger partial charge in [0.15, 0.2) is 5.82 Å². The minimum absolute atomic E-state index is 0.150. The molecule has 8 nitrogen and oxygen atoms in total. The number of aromatic nitrogens is 2. The molecule has 0 radical (unpaired) electrons. The zero-order chi connectivity index (χ0) is 26.5. The summed E-state index contributed by atoms with van der Waals surface area (Å²) >= 11 is 0. The number of benzene rings is 2. The molecule has 1 aliphatic carbocycles. The van der Waals surface area contributed by atoms with Crippen LogP contribution < -0.4 is 10.6 Å². The van der Waals surface area contributed by atoms with Gasteiger partial charge in [0.05, 0.1) is 13.1 Å². The summed E-state index contributed by atoms with van der Waals surface area (Å²) in [4.78, 5) is 39.7. The van der Waals surface area contributed by atoms with Gasteiger partial charge in [-0.2, -0.15) is 0 Å². The Bertz CT molecular complexity index is 1300.